The Morgan fingerprint density at radius 3 is 2.73 bits per heavy atom. The normalized spacial score (nSPS) is 13.1. The fourth-order valence-electron chi connectivity index (χ4n) is 1.33. The van der Waals surface area contributed by atoms with Crippen molar-refractivity contribution in [3.05, 3.63) is 15.9 Å². The molecule has 0 aliphatic carbocycles. The smallest absolute Gasteiger partial charge is 0.0767 e. The van der Waals surface area contributed by atoms with Crippen LogP contribution in [-0.2, 0) is 30.0 Å². The lowest BCUT2D eigenvalue weighted by molar-refractivity contribution is 0.675. The third kappa shape index (κ3) is 3.12. The molecule has 1 rings (SSSR count). The first-order valence-electron chi connectivity index (χ1n) is 4.85. The molecule has 15 heavy (non-hydrogen) atoms. The second kappa shape index (κ2) is 5.77. The van der Waals surface area contributed by atoms with Crippen LogP contribution in [0.25, 0.3) is 0 Å². The molecule has 0 amide bonds. The van der Waals surface area contributed by atoms with Crippen LogP contribution < -0.4 is 5.73 Å². The number of aryl methyl sites for hydroxylation is 2. The summed E-state index contributed by atoms with van der Waals surface area (Å²) < 4.78 is 14.4. The molecule has 0 saturated carbocycles. The van der Waals surface area contributed by atoms with E-state index in [1.54, 1.807) is 4.68 Å². The molecule has 0 saturated heterocycles. The fourth-order valence-corrected chi connectivity index (χ4v) is 3.32. The molecule has 0 fully saturated rings. The van der Waals surface area contributed by atoms with Crippen LogP contribution in [0.5, 0.6) is 0 Å². The number of hydrogen-bond acceptors (Lipinski definition) is 3. The number of halogens is 1. The summed E-state index contributed by atoms with van der Waals surface area (Å²) in [6.45, 7) is 2.51. The van der Waals surface area contributed by atoms with Gasteiger partial charge in [-0.2, -0.15) is 5.10 Å². The monoisotopic (exact) mass is 293 g/mol. The van der Waals surface area contributed by atoms with Gasteiger partial charge in [0.2, 0.25) is 0 Å². The quantitative estimate of drug-likeness (QED) is 0.879. The summed E-state index contributed by atoms with van der Waals surface area (Å²) >= 11 is 3.49. The summed E-state index contributed by atoms with van der Waals surface area (Å²) in [7, 11) is 0.978. The van der Waals surface area contributed by atoms with E-state index in [9.17, 15) is 4.21 Å². The molecule has 0 radical (unpaired) electrons. The molecule has 6 heteroatoms. The Balaban J connectivity index is 2.85. The highest BCUT2D eigenvalue weighted by Crippen LogP contribution is 2.22. The molecule has 1 aromatic rings. The molecule has 1 heterocycles. The first-order chi connectivity index (χ1) is 7.10. The molecular formula is C9H16BrN3OS. The summed E-state index contributed by atoms with van der Waals surface area (Å²) in [4.78, 5) is 0. The third-order valence-electron chi connectivity index (χ3n) is 2.15. The number of nitrogens with two attached hydrogens (primary N) is 1. The molecule has 1 unspecified atom stereocenters. The largest absolute Gasteiger partial charge is 0.330 e. The average Bonchev–Trinajstić information content (AvgIpc) is 2.45. The second-order valence-electron chi connectivity index (χ2n) is 3.26. The van der Waals surface area contributed by atoms with E-state index >= 15 is 0 Å². The van der Waals surface area contributed by atoms with Crippen molar-refractivity contribution in [2.45, 2.75) is 19.1 Å². The molecule has 0 aliphatic heterocycles. The van der Waals surface area contributed by atoms with E-state index in [4.69, 9.17) is 5.73 Å². The van der Waals surface area contributed by atoms with Crippen LogP contribution in [0.1, 0.15) is 18.3 Å². The van der Waals surface area contributed by atoms with Crippen LogP contribution in [0.2, 0.25) is 0 Å². The second-order valence-corrected chi connectivity index (χ2v) is 5.63. The molecule has 86 valence electrons. The van der Waals surface area contributed by atoms with Crippen LogP contribution in [0, 0.1) is 0 Å². The lowest BCUT2D eigenvalue weighted by atomic mass is 10.3. The Hall–Kier alpha value is -0.200. The van der Waals surface area contributed by atoms with Crippen LogP contribution in [0.4, 0.5) is 0 Å². The van der Waals surface area contributed by atoms with Crippen molar-refractivity contribution < 1.29 is 4.21 Å². The van der Waals surface area contributed by atoms with Crippen molar-refractivity contribution in [2.24, 2.45) is 12.8 Å². The van der Waals surface area contributed by atoms with E-state index in [1.165, 1.54) is 0 Å². The van der Waals surface area contributed by atoms with Gasteiger partial charge < -0.3 is 5.73 Å². The van der Waals surface area contributed by atoms with Crippen molar-refractivity contribution in [1.29, 1.82) is 0 Å². The fraction of sp³-hybridized carbons (Fsp3) is 0.667. The van der Waals surface area contributed by atoms with Gasteiger partial charge in [-0.3, -0.25) is 8.89 Å². The number of aromatic nitrogens is 2. The van der Waals surface area contributed by atoms with E-state index in [1.807, 2.05) is 14.0 Å². The average molecular weight is 294 g/mol. The molecule has 0 bridgehead atoms. The minimum absolute atomic E-state index is 0.461. The zero-order chi connectivity index (χ0) is 11.4. The first-order valence-corrected chi connectivity index (χ1v) is 7.13. The third-order valence-corrected chi connectivity index (χ3v) is 4.35. The van der Waals surface area contributed by atoms with Crippen molar-refractivity contribution in [3.63, 3.8) is 0 Å². The maximum atomic E-state index is 11.6. The molecule has 0 spiro atoms. The van der Waals surface area contributed by atoms with Crippen LogP contribution in [0.3, 0.4) is 0 Å². The topological polar surface area (TPSA) is 60.9 Å². The maximum Gasteiger partial charge on any atom is 0.0767 e. The highest BCUT2D eigenvalue weighted by atomic mass is 79.9. The number of rotatable bonds is 5. The van der Waals surface area contributed by atoms with Crippen molar-refractivity contribution in [3.8, 4) is 0 Å². The zero-order valence-electron chi connectivity index (χ0n) is 8.99. The van der Waals surface area contributed by atoms with Gasteiger partial charge in [-0.15, -0.1) is 0 Å². The first kappa shape index (κ1) is 12.9. The van der Waals surface area contributed by atoms with Crippen LogP contribution in [-0.4, -0.2) is 26.3 Å². The summed E-state index contributed by atoms with van der Waals surface area (Å²) in [6.07, 6.45) is 0.873. The van der Waals surface area contributed by atoms with Gasteiger partial charge in [0.1, 0.15) is 0 Å². The Morgan fingerprint density at radius 1 is 1.60 bits per heavy atom. The van der Waals surface area contributed by atoms with E-state index in [0.717, 1.165) is 22.3 Å². The van der Waals surface area contributed by atoms with Crippen molar-refractivity contribution in [1.82, 2.24) is 9.78 Å². The lowest BCUT2D eigenvalue weighted by Gasteiger charge is -2.02. The van der Waals surface area contributed by atoms with Gasteiger partial charge in [0.15, 0.2) is 0 Å². The highest BCUT2D eigenvalue weighted by Gasteiger charge is 2.14. The Kier molecular flexibility index (Phi) is 4.95. The molecule has 1 aromatic heterocycles. The predicted octanol–water partition coefficient (Wildman–Crippen LogP) is 0.952. The summed E-state index contributed by atoms with van der Waals surface area (Å²) in [5.74, 6) is 1.06. The molecule has 0 aromatic carbocycles. The molecular weight excluding hydrogens is 278 g/mol. The predicted molar refractivity (Wildman–Crippen MR) is 66.1 cm³/mol. The minimum Gasteiger partial charge on any atom is -0.330 e. The van der Waals surface area contributed by atoms with Gasteiger partial charge in [0.05, 0.1) is 21.6 Å². The van der Waals surface area contributed by atoms with E-state index < -0.39 is 10.8 Å². The summed E-state index contributed by atoms with van der Waals surface area (Å²) in [5.41, 5.74) is 7.36. The SMILES string of the molecule is CCc1nn(C)c(CS(=O)CCN)c1Br. The van der Waals surface area contributed by atoms with Gasteiger partial charge >= 0.3 is 0 Å². The van der Waals surface area contributed by atoms with Gasteiger partial charge in [0.25, 0.3) is 0 Å². The Morgan fingerprint density at radius 2 is 2.27 bits per heavy atom. The molecule has 1 atom stereocenters. The van der Waals surface area contributed by atoms with Gasteiger partial charge in [-0.25, -0.2) is 0 Å². The highest BCUT2D eigenvalue weighted by molar-refractivity contribution is 9.10. The minimum atomic E-state index is -0.896. The van der Waals surface area contributed by atoms with Crippen molar-refractivity contribution in [2.75, 3.05) is 12.3 Å². The van der Waals surface area contributed by atoms with Crippen LogP contribution in [0.15, 0.2) is 4.47 Å². The zero-order valence-corrected chi connectivity index (χ0v) is 11.4. The number of hydrogen-bond donors (Lipinski definition) is 1. The lowest BCUT2D eigenvalue weighted by Crippen LogP contribution is -2.13. The molecule has 2 N–H and O–H groups in total. The summed E-state index contributed by atoms with van der Waals surface area (Å²) in [5, 5.41) is 4.35. The van der Waals surface area contributed by atoms with Crippen LogP contribution >= 0.6 is 15.9 Å². The van der Waals surface area contributed by atoms with E-state index in [2.05, 4.69) is 21.0 Å². The van der Waals surface area contributed by atoms with Gasteiger partial charge in [-0.1, -0.05) is 6.92 Å². The summed E-state index contributed by atoms with van der Waals surface area (Å²) in [6, 6.07) is 0. The standard InChI is InChI=1S/C9H16BrN3OS/c1-3-7-9(10)8(13(2)12-7)6-15(14)5-4-11/h3-6,11H2,1-2H3. The maximum absolute atomic E-state index is 11.6. The number of nitrogens with zero attached hydrogens (tertiary/aromatic N) is 2. The van der Waals surface area contributed by atoms with E-state index in [0.29, 0.717) is 18.1 Å². The van der Waals surface area contributed by atoms with Gasteiger partial charge in [-0.05, 0) is 22.4 Å². The van der Waals surface area contributed by atoms with E-state index in [-0.39, 0.29) is 0 Å². The van der Waals surface area contributed by atoms with Crippen molar-refractivity contribution >= 4 is 26.7 Å². The molecule has 0 aliphatic rings. The van der Waals surface area contributed by atoms with Gasteiger partial charge in [0, 0.05) is 30.1 Å². The molecule has 4 nitrogen and oxygen atoms in total. The Labute approximate surface area is 101 Å². The Bertz CT molecular complexity index is 364.